The maximum Gasteiger partial charge on any atom is 0.160 e. The van der Waals surface area contributed by atoms with E-state index in [2.05, 4.69) is 25.7 Å². The zero-order chi connectivity index (χ0) is 12.4. The molecule has 0 unspecified atom stereocenters. The molecule has 2 N–H and O–H groups in total. The average Bonchev–Trinajstić information content (AvgIpc) is 2.84. The number of nitrogens with two attached hydrogens (primary N) is 1. The van der Waals surface area contributed by atoms with E-state index in [1.54, 1.807) is 0 Å². The molecule has 18 heavy (non-hydrogen) atoms. The molecule has 5 nitrogen and oxygen atoms in total. The number of pyridine rings is 1. The number of likely N-dealkylation sites (tertiary alicyclic amines) is 1. The smallest absolute Gasteiger partial charge is 0.160 e. The van der Waals surface area contributed by atoms with Crippen LogP contribution in [0.5, 0.6) is 0 Å². The summed E-state index contributed by atoms with van der Waals surface area (Å²) in [4.78, 5) is 2.43. The molecule has 3 rings (SSSR count). The number of piperidine rings is 1. The van der Waals surface area contributed by atoms with Gasteiger partial charge in [0.1, 0.15) is 5.82 Å². The van der Waals surface area contributed by atoms with Gasteiger partial charge >= 0.3 is 0 Å². The second-order valence-electron chi connectivity index (χ2n) is 4.89. The maximum absolute atomic E-state index is 5.59. The largest absolute Gasteiger partial charge is 0.329 e. The molecular formula is C13H19N5. The van der Waals surface area contributed by atoms with Crippen LogP contribution in [-0.2, 0) is 0 Å². The van der Waals surface area contributed by atoms with E-state index in [0.717, 1.165) is 50.5 Å². The van der Waals surface area contributed by atoms with Gasteiger partial charge in [-0.25, -0.2) is 0 Å². The molecule has 0 aliphatic carbocycles. The van der Waals surface area contributed by atoms with E-state index in [0.29, 0.717) is 5.92 Å². The summed E-state index contributed by atoms with van der Waals surface area (Å²) < 4.78 is 2.11. The summed E-state index contributed by atoms with van der Waals surface area (Å²) >= 11 is 0. The first-order valence-electron chi connectivity index (χ1n) is 6.60. The first-order valence-corrected chi connectivity index (χ1v) is 6.60. The molecule has 0 spiro atoms. The summed E-state index contributed by atoms with van der Waals surface area (Å²) in [5, 5.41) is 8.59. The zero-order valence-electron chi connectivity index (χ0n) is 10.5. The Bertz CT molecular complexity index is 513. The number of nitrogens with zero attached hydrogens (tertiary/aromatic N) is 4. The Kier molecular flexibility index (Phi) is 3.25. The molecule has 3 heterocycles. The van der Waals surface area contributed by atoms with E-state index in [1.807, 2.05) is 18.2 Å². The zero-order valence-corrected chi connectivity index (χ0v) is 10.5. The highest BCUT2D eigenvalue weighted by Crippen LogP contribution is 2.26. The lowest BCUT2D eigenvalue weighted by Gasteiger charge is -2.30. The quantitative estimate of drug-likeness (QED) is 0.871. The van der Waals surface area contributed by atoms with Gasteiger partial charge in [0.2, 0.25) is 0 Å². The molecule has 1 aliphatic rings. The van der Waals surface area contributed by atoms with Crippen LogP contribution in [0.1, 0.15) is 24.6 Å². The van der Waals surface area contributed by atoms with Crippen LogP contribution in [0.3, 0.4) is 0 Å². The highest BCUT2D eigenvalue weighted by atomic mass is 15.2. The average molecular weight is 245 g/mol. The molecule has 1 saturated heterocycles. The van der Waals surface area contributed by atoms with E-state index < -0.39 is 0 Å². The Morgan fingerprint density at radius 2 is 2.06 bits per heavy atom. The lowest BCUT2D eigenvalue weighted by Crippen LogP contribution is -2.36. The number of fused-ring (bicyclic) bond motifs is 1. The molecule has 5 heteroatoms. The molecule has 1 fully saturated rings. The van der Waals surface area contributed by atoms with Crippen molar-refractivity contribution in [3.63, 3.8) is 0 Å². The molecule has 96 valence electrons. The van der Waals surface area contributed by atoms with Gasteiger partial charge < -0.3 is 10.6 Å². The van der Waals surface area contributed by atoms with Crippen LogP contribution in [0.25, 0.3) is 5.65 Å². The van der Waals surface area contributed by atoms with Crippen LogP contribution in [0.4, 0.5) is 0 Å². The first-order chi connectivity index (χ1) is 8.88. The van der Waals surface area contributed by atoms with Crippen molar-refractivity contribution >= 4 is 5.65 Å². The third kappa shape index (κ3) is 2.11. The minimum Gasteiger partial charge on any atom is -0.329 e. The fraction of sp³-hybridized carbons (Fsp3) is 0.538. The molecular weight excluding hydrogens is 226 g/mol. The van der Waals surface area contributed by atoms with Gasteiger partial charge in [0.25, 0.3) is 0 Å². The fourth-order valence-corrected chi connectivity index (χ4v) is 2.74. The molecule has 2 aromatic rings. The van der Waals surface area contributed by atoms with E-state index in [4.69, 9.17) is 5.73 Å². The second-order valence-corrected chi connectivity index (χ2v) is 4.89. The van der Waals surface area contributed by atoms with Crippen LogP contribution in [0.15, 0.2) is 24.4 Å². The number of hydrogen-bond donors (Lipinski definition) is 1. The molecule has 0 bridgehead atoms. The summed E-state index contributed by atoms with van der Waals surface area (Å²) in [6.07, 6.45) is 4.35. The molecule has 0 atom stereocenters. The molecule has 0 saturated carbocycles. The van der Waals surface area contributed by atoms with Crippen molar-refractivity contribution < 1.29 is 0 Å². The van der Waals surface area contributed by atoms with Gasteiger partial charge in [-0.05, 0) is 38.1 Å². The predicted octanol–water partition coefficient (Wildman–Crippen LogP) is 0.867. The fourth-order valence-electron chi connectivity index (χ4n) is 2.74. The Morgan fingerprint density at radius 3 is 2.83 bits per heavy atom. The number of hydrogen-bond acceptors (Lipinski definition) is 4. The van der Waals surface area contributed by atoms with Crippen molar-refractivity contribution in [2.75, 3.05) is 26.2 Å². The van der Waals surface area contributed by atoms with Gasteiger partial charge in [-0.15, -0.1) is 10.2 Å². The van der Waals surface area contributed by atoms with Gasteiger partial charge in [0, 0.05) is 25.2 Å². The van der Waals surface area contributed by atoms with Crippen LogP contribution < -0.4 is 5.73 Å². The summed E-state index contributed by atoms with van der Waals surface area (Å²) in [5.74, 6) is 1.63. The van der Waals surface area contributed by atoms with Gasteiger partial charge in [-0.2, -0.15) is 0 Å². The van der Waals surface area contributed by atoms with Crippen molar-refractivity contribution in [2.45, 2.75) is 18.8 Å². The topological polar surface area (TPSA) is 59.5 Å². The van der Waals surface area contributed by atoms with E-state index in [-0.39, 0.29) is 0 Å². The minimum absolute atomic E-state index is 0.524. The SMILES string of the molecule is NCCN1CCC(c2nnc3ccccn23)CC1. The van der Waals surface area contributed by atoms with Crippen LogP contribution in [0, 0.1) is 0 Å². The van der Waals surface area contributed by atoms with Crippen LogP contribution in [-0.4, -0.2) is 45.7 Å². The van der Waals surface area contributed by atoms with Gasteiger partial charge in [-0.3, -0.25) is 4.40 Å². The Balaban J connectivity index is 1.76. The summed E-state index contributed by atoms with van der Waals surface area (Å²) in [6.45, 7) is 3.99. The van der Waals surface area contributed by atoms with Gasteiger partial charge in [0.05, 0.1) is 0 Å². The third-order valence-electron chi connectivity index (χ3n) is 3.74. The van der Waals surface area contributed by atoms with Crippen molar-refractivity contribution in [3.8, 4) is 0 Å². The van der Waals surface area contributed by atoms with E-state index >= 15 is 0 Å². The summed E-state index contributed by atoms with van der Waals surface area (Å²) in [5.41, 5.74) is 6.54. The highest BCUT2D eigenvalue weighted by Gasteiger charge is 2.23. The van der Waals surface area contributed by atoms with Crippen molar-refractivity contribution in [3.05, 3.63) is 30.2 Å². The van der Waals surface area contributed by atoms with Gasteiger partial charge in [-0.1, -0.05) is 6.07 Å². The van der Waals surface area contributed by atoms with Crippen LogP contribution in [0.2, 0.25) is 0 Å². The van der Waals surface area contributed by atoms with Crippen molar-refractivity contribution in [1.29, 1.82) is 0 Å². The standard InChI is InChI=1S/C13H19N5/c14-6-10-17-8-4-11(5-9-17)13-16-15-12-3-1-2-7-18(12)13/h1-3,7,11H,4-6,8-10,14H2. The first kappa shape index (κ1) is 11.6. The van der Waals surface area contributed by atoms with Gasteiger partial charge in [0.15, 0.2) is 5.65 Å². The Labute approximate surface area is 107 Å². The lowest BCUT2D eigenvalue weighted by atomic mass is 9.96. The van der Waals surface area contributed by atoms with Crippen molar-refractivity contribution in [2.24, 2.45) is 5.73 Å². The molecule has 2 aromatic heterocycles. The minimum atomic E-state index is 0.524. The molecule has 0 radical (unpaired) electrons. The maximum atomic E-state index is 5.59. The monoisotopic (exact) mass is 245 g/mol. The van der Waals surface area contributed by atoms with E-state index in [1.165, 1.54) is 0 Å². The predicted molar refractivity (Wildman–Crippen MR) is 70.5 cm³/mol. The molecule has 0 aromatic carbocycles. The molecule has 0 amide bonds. The second kappa shape index (κ2) is 5.04. The normalized spacial score (nSPS) is 18.5. The lowest BCUT2D eigenvalue weighted by molar-refractivity contribution is 0.214. The van der Waals surface area contributed by atoms with Crippen LogP contribution >= 0.6 is 0 Å². The Morgan fingerprint density at radius 1 is 1.22 bits per heavy atom. The van der Waals surface area contributed by atoms with E-state index in [9.17, 15) is 0 Å². The van der Waals surface area contributed by atoms with Crippen molar-refractivity contribution in [1.82, 2.24) is 19.5 Å². The number of aromatic nitrogens is 3. The number of rotatable bonds is 3. The highest BCUT2D eigenvalue weighted by molar-refractivity contribution is 5.37. The third-order valence-corrected chi connectivity index (χ3v) is 3.74. The molecule has 1 aliphatic heterocycles. The summed E-state index contributed by atoms with van der Waals surface area (Å²) in [7, 11) is 0. The summed E-state index contributed by atoms with van der Waals surface area (Å²) in [6, 6.07) is 6.03. The Hall–Kier alpha value is -1.46.